The van der Waals surface area contributed by atoms with Crippen LogP contribution in [0, 0.1) is 5.92 Å². The van der Waals surface area contributed by atoms with Crippen LogP contribution in [0.25, 0.3) is 0 Å². The Morgan fingerprint density at radius 2 is 2.29 bits per heavy atom. The van der Waals surface area contributed by atoms with Gasteiger partial charge in [-0.15, -0.1) is 0 Å². The largest absolute Gasteiger partial charge is 0.338 e. The summed E-state index contributed by atoms with van der Waals surface area (Å²) in [7, 11) is -1.06. The molecule has 0 spiro atoms. The fraction of sp³-hybridized carbons (Fsp3) is 0.900. The summed E-state index contributed by atoms with van der Waals surface area (Å²) in [6.45, 7) is 2.14. The molecule has 2 aliphatic rings. The van der Waals surface area contributed by atoms with Gasteiger partial charge in [-0.2, -0.15) is 0 Å². The molecule has 2 N–H and O–H groups in total. The van der Waals surface area contributed by atoms with Crippen LogP contribution < -0.4 is 10.6 Å². The Morgan fingerprint density at radius 3 is 2.88 bits per heavy atom. The van der Waals surface area contributed by atoms with E-state index in [9.17, 15) is 13.2 Å². The summed E-state index contributed by atoms with van der Waals surface area (Å²) in [5, 5.41) is 5.91. The second-order valence-corrected chi connectivity index (χ2v) is 7.05. The van der Waals surface area contributed by atoms with E-state index in [-0.39, 0.29) is 23.6 Å². The molecule has 0 bridgehead atoms. The molecule has 0 aliphatic carbocycles. The number of nitrogens with one attached hydrogen (secondary N) is 2. The quantitative estimate of drug-likeness (QED) is 0.685. The number of hydrogen-bond donors (Lipinski definition) is 2. The first-order valence-corrected chi connectivity index (χ1v) is 7.73. The molecule has 98 valence electrons. The molecule has 0 radical (unpaired) electrons. The van der Waals surface area contributed by atoms with E-state index in [1.165, 1.54) is 0 Å². The second-order valence-electron chi connectivity index (χ2n) is 4.82. The maximum absolute atomic E-state index is 11.7. The lowest BCUT2D eigenvalue weighted by atomic mass is 10.1. The van der Waals surface area contributed by atoms with E-state index in [1.54, 1.807) is 4.90 Å². The lowest BCUT2D eigenvalue weighted by molar-refractivity contribution is 0.146. The zero-order valence-corrected chi connectivity index (χ0v) is 10.8. The van der Waals surface area contributed by atoms with Crippen LogP contribution in [-0.4, -0.2) is 63.6 Å². The van der Waals surface area contributed by atoms with Crippen molar-refractivity contribution in [3.05, 3.63) is 0 Å². The van der Waals surface area contributed by atoms with Gasteiger partial charge >= 0.3 is 6.03 Å². The Hall–Kier alpha value is -0.820. The zero-order chi connectivity index (χ0) is 12.5. The van der Waals surface area contributed by atoms with Crippen molar-refractivity contribution >= 4 is 15.9 Å². The summed E-state index contributed by atoms with van der Waals surface area (Å²) >= 11 is 0. The Bertz CT molecular complexity index is 396. The molecule has 0 saturated carbocycles. The molecule has 2 rings (SSSR count). The number of sulfone groups is 1. The third-order valence-electron chi connectivity index (χ3n) is 3.40. The molecule has 2 heterocycles. The summed E-state index contributed by atoms with van der Waals surface area (Å²) in [5.74, 6) is 0.672. The monoisotopic (exact) mass is 261 g/mol. The molecule has 7 heteroatoms. The highest BCUT2D eigenvalue weighted by Gasteiger charge is 2.37. The average molecular weight is 261 g/mol. The van der Waals surface area contributed by atoms with Crippen molar-refractivity contribution in [2.75, 3.05) is 38.2 Å². The zero-order valence-electron chi connectivity index (χ0n) is 9.98. The number of carbonyl (C=O) groups excluding carboxylic acids is 1. The van der Waals surface area contributed by atoms with Gasteiger partial charge < -0.3 is 15.5 Å². The van der Waals surface area contributed by atoms with Crippen molar-refractivity contribution in [2.24, 2.45) is 5.92 Å². The van der Waals surface area contributed by atoms with E-state index in [0.29, 0.717) is 25.4 Å². The lowest BCUT2D eigenvalue weighted by Gasteiger charge is -2.36. The first-order valence-electron chi connectivity index (χ1n) is 5.91. The predicted octanol–water partition coefficient (Wildman–Crippen LogP) is -0.966. The number of carbonyl (C=O) groups is 1. The first kappa shape index (κ1) is 12.6. The van der Waals surface area contributed by atoms with E-state index in [1.807, 2.05) is 7.05 Å². The topological polar surface area (TPSA) is 78.5 Å². The maximum Gasteiger partial charge on any atom is 0.317 e. The molecule has 2 atom stereocenters. The molecular weight excluding hydrogens is 242 g/mol. The van der Waals surface area contributed by atoms with Gasteiger partial charge in [0.1, 0.15) is 0 Å². The molecule has 17 heavy (non-hydrogen) atoms. The number of nitrogens with zero attached hydrogens (tertiary/aromatic N) is 1. The fourth-order valence-electron chi connectivity index (χ4n) is 2.52. The third-order valence-corrected chi connectivity index (χ3v) is 5.15. The predicted molar refractivity (Wildman–Crippen MR) is 64.6 cm³/mol. The Balaban J connectivity index is 2.01. The van der Waals surface area contributed by atoms with Crippen LogP contribution in [0.4, 0.5) is 4.79 Å². The van der Waals surface area contributed by atoms with Crippen molar-refractivity contribution < 1.29 is 13.2 Å². The van der Waals surface area contributed by atoms with Crippen LogP contribution in [-0.2, 0) is 9.84 Å². The summed E-state index contributed by atoms with van der Waals surface area (Å²) in [6.07, 6.45) is 0.571. The van der Waals surface area contributed by atoms with Crippen molar-refractivity contribution in [2.45, 2.75) is 12.5 Å². The molecular formula is C10H19N3O3S. The van der Waals surface area contributed by atoms with E-state index in [2.05, 4.69) is 10.6 Å². The van der Waals surface area contributed by atoms with Gasteiger partial charge in [0, 0.05) is 31.6 Å². The maximum atomic E-state index is 11.7. The van der Waals surface area contributed by atoms with Crippen molar-refractivity contribution in [3.8, 4) is 0 Å². The number of hydrogen-bond acceptors (Lipinski definition) is 4. The smallest absolute Gasteiger partial charge is 0.317 e. The number of rotatable bonds is 3. The Labute approximate surface area is 102 Å². The average Bonchev–Trinajstić information content (AvgIpc) is 2.62. The minimum atomic E-state index is -2.94. The van der Waals surface area contributed by atoms with Gasteiger partial charge in [0.15, 0.2) is 9.84 Å². The van der Waals surface area contributed by atoms with Gasteiger partial charge in [0.05, 0.1) is 11.5 Å². The van der Waals surface area contributed by atoms with E-state index < -0.39 is 9.84 Å². The minimum absolute atomic E-state index is 0.118. The summed E-state index contributed by atoms with van der Waals surface area (Å²) in [4.78, 5) is 13.4. The van der Waals surface area contributed by atoms with E-state index in [4.69, 9.17) is 0 Å². The van der Waals surface area contributed by atoms with Gasteiger partial charge in [0.2, 0.25) is 0 Å². The molecule has 2 unspecified atom stereocenters. The third kappa shape index (κ3) is 2.90. The second kappa shape index (κ2) is 4.81. The summed E-state index contributed by atoms with van der Waals surface area (Å²) in [6, 6.07) is -0.265. The first-order chi connectivity index (χ1) is 8.02. The van der Waals surface area contributed by atoms with Gasteiger partial charge in [-0.1, -0.05) is 0 Å². The molecule has 2 amide bonds. The van der Waals surface area contributed by atoms with Gasteiger partial charge in [-0.05, 0) is 13.5 Å². The molecule has 0 aromatic rings. The van der Waals surface area contributed by atoms with Crippen LogP contribution in [0.3, 0.4) is 0 Å². The summed E-state index contributed by atoms with van der Waals surface area (Å²) < 4.78 is 22.9. The van der Waals surface area contributed by atoms with Crippen LogP contribution in [0.15, 0.2) is 0 Å². The van der Waals surface area contributed by atoms with Gasteiger partial charge in [-0.3, -0.25) is 0 Å². The molecule has 2 saturated heterocycles. The van der Waals surface area contributed by atoms with E-state index >= 15 is 0 Å². The standard InChI is InChI=1S/C10H19N3O3S/c1-11-4-8-5-12-10(14)13(6-8)9-2-3-17(15,16)7-9/h8-9,11H,2-7H2,1H3,(H,12,14). The highest BCUT2D eigenvalue weighted by atomic mass is 32.2. The number of urea groups is 1. The van der Waals surface area contributed by atoms with Crippen molar-refractivity contribution in [1.29, 1.82) is 0 Å². The fourth-order valence-corrected chi connectivity index (χ4v) is 4.25. The molecule has 2 aliphatic heterocycles. The van der Waals surface area contributed by atoms with Crippen LogP contribution >= 0.6 is 0 Å². The van der Waals surface area contributed by atoms with Crippen LogP contribution in [0.5, 0.6) is 0 Å². The number of amides is 2. The van der Waals surface area contributed by atoms with Crippen molar-refractivity contribution in [1.82, 2.24) is 15.5 Å². The molecule has 0 aromatic carbocycles. The SMILES string of the molecule is CNCC1CNC(=O)N(C2CCS(=O)(=O)C2)C1. The van der Waals surface area contributed by atoms with Crippen LogP contribution in [0.1, 0.15) is 6.42 Å². The summed E-state index contributed by atoms with van der Waals surface area (Å²) in [5.41, 5.74) is 0. The van der Waals surface area contributed by atoms with Crippen LogP contribution in [0.2, 0.25) is 0 Å². The van der Waals surface area contributed by atoms with Crippen molar-refractivity contribution in [3.63, 3.8) is 0 Å². The minimum Gasteiger partial charge on any atom is -0.338 e. The normalized spacial score (nSPS) is 32.5. The molecule has 0 aromatic heterocycles. The lowest BCUT2D eigenvalue weighted by Crippen LogP contribution is -2.56. The molecule has 2 fully saturated rings. The van der Waals surface area contributed by atoms with E-state index in [0.717, 1.165) is 6.54 Å². The van der Waals surface area contributed by atoms with Gasteiger partial charge in [0.25, 0.3) is 0 Å². The Kier molecular flexibility index (Phi) is 3.58. The molecule has 6 nitrogen and oxygen atoms in total. The highest BCUT2D eigenvalue weighted by Crippen LogP contribution is 2.20. The highest BCUT2D eigenvalue weighted by molar-refractivity contribution is 7.91. The Morgan fingerprint density at radius 1 is 1.53 bits per heavy atom. The van der Waals surface area contributed by atoms with Gasteiger partial charge in [-0.25, -0.2) is 13.2 Å².